The van der Waals surface area contributed by atoms with Gasteiger partial charge in [-0.1, -0.05) is 60.2 Å². The molecule has 5 nitrogen and oxygen atoms in total. The van der Waals surface area contributed by atoms with Crippen molar-refractivity contribution < 1.29 is 13.8 Å². The number of amides is 1. The molecule has 0 bridgehead atoms. The lowest BCUT2D eigenvalue weighted by molar-refractivity contribution is -0.685. The number of rotatable bonds is 6. The number of benzene rings is 2. The fourth-order valence-electron chi connectivity index (χ4n) is 4.13. The minimum Gasteiger partial charge on any atom is -0.467 e. The van der Waals surface area contributed by atoms with E-state index in [1.807, 2.05) is 47.3 Å². The Kier molecular flexibility index (Phi) is 5.85. The van der Waals surface area contributed by atoms with E-state index in [2.05, 4.69) is 55.5 Å². The normalized spacial score (nSPS) is 15.5. The first kappa shape index (κ1) is 20.9. The van der Waals surface area contributed by atoms with Crippen LogP contribution >= 0.6 is 0 Å². The highest BCUT2D eigenvalue weighted by Gasteiger charge is 2.36. The summed E-state index contributed by atoms with van der Waals surface area (Å²) in [5.41, 5.74) is 5.60. The second kappa shape index (κ2) is 9.25. The van der Waals surface area contributed by atoms with E-state index in [0.717, 1.165) is 23.5 Å². The first-order valence-corrected chi connectivity index (χ1v) is 11.2. The highest BCUT2D eigenvalue weighted by atomic mass is 16.3. The maximum atomic E-state index is 13.3. The third kappa shape index (κ3) is 4.77. The van der Waals surface area contributed by atoms with Gasteiger partial charge in [0.1, 0.15) is 11.8 Å². The van der Waals surface area contributed by atoms with E-state index in [4.69, 9.17) is 9.52 Å². The quantitative estimate of drug-likeness (QED) is 0.406. The first-order valence-electron chi connectivity index (χ1n) is 11.2. The van der Waals surface area contributed by atoms with Crippen molar-refractivity contribution >= 4 is 11.6 Å². The van der Waals surface area contributed by atoms with E-state index < -0.39 is 0 Å². The average molecular weight is 437 g/mol. The van der Waals surface area contributed by atoms with Gasteiger partial charge in [0, 0.05) is 18.6 Å². The molecule has 1 unspecified atom stereocenters. The number of hydrogen-bond acceptors (Lipinski definition) is 3. The molecule has 4 aromatic rings. The van der Waals surface area contributed by atoms with Crippen molar-refractivity contribution in [3.8, 4) is 0 Å². The molecule has 2 aromatic heterocycles. The van der Waals surface area contributed by atoms with Gasteiger partial charge in [-0.15, -0.1) is 0 Å². The van der Waals surface area contributed by atoms with Crippen molar-refractivity contribution in [2.45, 2.75) is 32.4 Å². The number of carbonyl (C=O) groups excluding carboxylic acids is 1. The fourth-order valence-corrected chi connectivity index (χ4v) is 4.13. The summed E-state index contributed by atoms with van der Waals surface area (Å²) in [6.45, 7) is 2.28. The number of carbonyl (C=O) groups is 1. The van der Waals surface area contributed by atoms with Crippen LogP contribution in [0.2, 0.25) is 0 Å². The molecule has 1 aliphatic rings. The summed E-state index contributed by atoms with van der Waals surface area (Å²) in [6, 6.07) is 26.3. The minimum atomic E-state index is -0.234. The van der Waals surface area contributed by atoms with Crippen molar-refractivity contribution in [2.24, 2.45) is 5.10 Å². The third-order valence-corrected chi connectivity index (χ3v) is 5.95. The SMILES string of the molecule is Cc1ccc(C2=NN(C(=O)C[n+]3ccc(Cc4ccccc4)cc3)C(c3ccco3)C2)cc1. The summed E-state index contributed by atoms with van der Waals surface area (Å²) < 4.78 is 7.55. The molecule has 3 heterocycles. The van der Waals surface area contributed by atoms with Crippen LogP contribution < -0.4 is 4.57 Å². The highest BCUT2D eigenvalue weighted by Crippen LogP contribution is 2.33. The summed E-state index contributed by atoms with van der Waals surface area (Å²) in [5.74, 6) is 0.678. The van der Waals surface area contributed by atoms with E-state index in [-0.39, 0.29) is 18.5 Å². The lowest BCUT2D eigenvalue weighted by Crippen LogP contribution is -2.42. The zero-order valence-corrected chi connectivity index (χ0v) is 18.6. The van der Waals surface area contributed by atoms with Crippen molar-refractivity contribution in [1.82, 2.24) is 5.01 Å². The Labute approximate surface area is 193 Å². The predicted octanol–water partition coefficient (Wildman–Crippen LogP) is 4.84. The molecule has 0 fully saturated rings. The van der Waals surface area contributed by atoms with Gasteiger partial charge in [-0.05, 0) is 42.2 Å². The standard InChI is InChI=1S/C28H26N3O2/c1-21-9-11-24(12-10-21)25-19-26(27-8-5-17-33-27)31(29-25)28(32)20-30-15-13-23(14-16-30)18-22-6-3-2-4-7-22/h2-17,26H,18-20H2,1H3/q+1. The topological polar surface area (TPSA) is 49.7 Å². The van der Waals surface area contributed by atoms with Crippen molar-refractivity contribution in [2.75, 3.05) is 0 Å². The molecule has 1 atom stereocenters. The Bertz CT molecular complexity index is 1250. The molecule has 1 aliphatic heterocycles. The van der Waals surface area contributed by atoms with Gasteiger partial charge in [0.15, 0.2) is 12.4 Å². The van der Waals surface area contributed by atoms with Gasteiger partial charge in [-0.25, -0.2) is 5.01 Å². The van der Waals surface area contributed by atoms with E-state index in [1.54, 1.807) is 11.3 Å². The molecule has 0 saturated carbocycles. The lowest BCUT2D eigenvalue weighted by atomic mass is 10.0. The minimum absolute atomic E-state index is 0.0701. The molecular weight excluding hydrogens is 410 g/mol. The van der Waals surface area contributed by atoms with Gasteiger partial charge in [0.05, 0.1) is 12.0 Å². The highest BCUT2D eigenvalue weighted by molar-refractivity contribution is 6.03. The van der Waals surface area contributed by atoms with Crippen LogP contribution in [0.5, 0.6) is 0 Å². The molecule has 1 amide bonds. The van der Waals surface area contributed by atoms with Gasteiger partial charge in [-0.3, -0.25) is 4.79 Å². The van der Waals surface area contributed by atoms with Crippen LogP contribution in [-0.2, 0) is 17.8 Å². The molecule has 0 aliphatic carbocycles. The number of aromatic nitrogens is 1. The smallest absolute Gasteiger partial charge is 0.309 e. The fraction of sp³-hybridized carbons (Fsp3) is 0.179. The number of aryl methyl sites for hydroxylation is 1. The number of pyridine rings is 1. The molecule has 164 valence electrons. The Morgan fingerprint density at radius 1 is 0.970 bits per heavy atom. The summed E-state index contributed by atoms with van der Waals surface area (Å²) in [7, 11) is 0. The number of hydrogen-bond donors (Lipinski definition) is 0. The first-order chi connectivity index (χ1) is 16.2. The molecule has 2 aromatic carbocycles. The summed E-state index contributed by atoms with van der Waals surface area (Å²) in [4.78, 5) is 13.3. The maximum absolute atomic E-state index is 13.3. The van der Waals surface area contributed by atoms with E-state index in [0.29, 0.717) is 6.42 Å². The van der Waals surface area contributed by atoms with Crippen molar-refractivity contribution in [1.29, 1.82) is 0 Å². The van der Waals surface area contributed by atoms with E-state index >= 15 is 0 Å². The molecule has 0 radical (unpaired) electrons. The van der Waals surface area contributed by atoms with Crippen LogP contribution in [0, 0.1) is 6.92 Å². The second-order valence-corrected chi connectivity index (χ2v) is 8.43. The van der Waals surface area contributed by atoms with Crippen LogP contribution in [0.4, 0.5) is 0 Å². The molecule has 33 heavy (non-hydrogen) atoms. The molecule has 0 spiro atoms. The summed E-state index contributed by atoms with van der Waals surface area (Å²) >= 11 is 0. The van der Waals surface area contributed by atoms with Crippen LogP contribution in [-0.4, -0.2) is 16.6 Å². The largest absolute Gasteiger partial charge is 0.467 e. The van der Waals surface area contributed by atoms with Gasteiger partial charge in [0.2, 0.25) is 6.54 Å². The van der Waals surface area contributed by atoms with Crippen LogP contribution in [0.3, 0.4) is 0 Å². The molecule has 0 saturated heterocycles. The molecule has 0 N–H and O–H groups in total. The average Bonchev–Trinajstić information content (AvgIpc) is 3.52. The second-order valence-electron chi connectivity index (χ2n) is 8.43. The van der Waals surface area contributed by atoms with Crippen molar-refractivity contribution in [3.63, 3.8) is 0 Å². The monoisotopic (exact) mass is 436 g/mol. The molecule has 5 rings (SSSR count). The van der Waals surface area contributed by atoms with Crippen molar-refractivity contribution in [3.05, 3.63) is 126 Å². The van der Waals surface area contributed by atoms with E-state index in [1.165, 1.54) is 16.7 Å². The Balaban J connectivity index is 1.33. The zero-order valence-electron chi connectivity index (χ0n) is 18.6. The Morgan fingerprint density at radius 2 is 1.70 bits per heavy atom. The molecule has 5 heteroatoms. The van der Waals surface area contributed by atoms with Crippen LogP contribution in [0.25, 0.3) is 0 Å². The van der Waals surface area contributed by atoms with Gasteiger partial charge < -0.3 is 4.42 Å². The third-order valence-electron chi connectivity index (χ3n) is 5.95. The Morgan fingerprint density at radius 3 is 2.39 bits per heavy atom. The van der Waals surface area contributed by atoms with E-state index in [9.17, 15) is 4.79 Å². The maximum Gasteiger partial charge on any atom is 0.309 e. The van der Waals surface area contributed by atoms with Gasteiger partial charge >= 0.3 is 5.91 Å². The van der Waals surface area contributed by atoms with Crippen LogP contribution in [0.1, 0.15) is 40.5 Å². The summed E-state index contributed by atoms with van der Waals surface area (Å²) in [5, 5.41) is 6.30. The van der Waals surface area contributed by atoms with Crippen LogP contribution in [0.15, 0.2) is 107 Å². The lowest BCUT2D eigenvalue weighted by Gasteiger charge is -2.18. The number of hydrazone groups is 1. The van der Waals surface area contributed by atoms with Gasteiger partial charge in [0.25, 0.3) is 0 Å². The number of furan rings is 1. The number of nitrogens with zero attached hydrogens (tertiary/aromatic N) is 3. The zero-order chi connectivity index (χ0) is 22.6. The Hall–Kier alpha value is -3.99. The summed E-state index contributed by atoms with van der Waals surface area (Å²) in [6.07, 6.45) is 7.05. The molecular formula is C28H26N3O2+. The predicted molar refractivity (Wildman–Crippen MR) is 127 cm³/mol. The van der Waals surface area contributed by atoms with Gasteiger partial charge in [-0.2, -0.15) is 9.67 Å².